The van der Waals surface area contributed by atoms with Crippen molar-refractivity contribution in [3.05, 3.63) is 0 Å². The molecule has 0 spiro atoms. The summed E-state index contributed by atoms with van der Waals surface area (Å²) in [5.41, 5.74) is 10.8. The van der Waals surface area contributed by atoms with E-state index in [1.165, 1.54) is 0 Å². The zero-order valence-electron chi connectivity index (χ0n) is 17.2. The normalized spacial score (nSPS) is 14.6. The van der Waals surface area contributed by atoms with E-state index < -0.39 is 72.6 Å². The Balaban J connectivity index is 5.45. The SMILES string of the molecule is CC(C)CC(N)C(=O)NC(CC(=O)O)C(=O)NC(CC(N)=O)C(=O)NC(CS)C(=O)O. The van der Waals surface area contributed by atoms with Crippen molar-refractivity contribution in [3.63, 3.8) is 0 Å². The molecular formula is C17H29N5O8S. The van der Waals surface area contributed by atoms with E-state index in [0.29, 0.717) is 0 Å². The number of rotatable bonds is 14. The first kappa shape index (κ1) is 28.1. The molecule has 176 valence electrons. The molecule has 9 N–H and O–H groups in total. The fourth-order valence-corrected chi connectivity index (χ4v) is 2.67. The van der Waals surface area contributed by atoms with Gasteiger partial charge >= 0.3 is 11.9 Å². The molecule has 4 atom stereocenters. The Hall–Kier alpha value is -2.87. The molecule has 0 saturated carbocycles. The number of amides is 4. The van der Waals surface area contributed by atoms with Gasteiger partial charge in [0.05, 0.1) is 18.9 Å². The number of thiol groups is 1. The summed E-state index contributed by atoms with van der Waals surface area (Å²) in [6.45, 7) is 3.63. The van der Waals surface area contributed by atoms with Gasteiger partial charge in [0, 0.05) is 5.75 Å². The third-order valence-electron chi connectivity index (χ3n) is 3.91. The Bertz CT molecular complexity index is 702. The molecule has 0 saturated heterocycles. The zero-order chi connectivity index (χ0) is 24.3. The van der Waals surface area contributed by atoms with Gasteiger partial charge in [-0.15, -0.1) is 0 Å². The van der Waals surface area contributed by atoms with Gasteiger partial charge in [0.2, 0.25) is 23.6 Å². The minimum atomic E-state index is -1.61. The maximum absolute atomic E-state index is 12.6. The summed E-state index contributed by atoms with van der Waals surface area (Å²) in [4.78, 5) is 70.5. The van der Waals surface area contributed by atoms with Crippen LogP contribution in [0.5, 0.6) is 0 Å². The molecule has 0 aliphatic heterocycles. The summed E-state index contributed by atoms with van der Waals surface area (Å²) in [6.07, 6.45) is -1.25. The van der Waals surface area contributed by atoms with Crippen LogP contribution in [0, 0.1) is 5.92 Å². The van der Waals surface area contributed by atoms with Gasteiger partial charge in [-0.3, -0.25) is 24.0 Å². The van der Waals surface area contributed by atoms with Gasteiger partial charge in [-0.1, -0.05) is 13.8 Å². The third kappa shape index (κ3) is 11.2. The van der Waals surface area contributed by atoms with Gasteiger partial charge in [-0.2, -0.15) is 12.6 Å². The van der Waals surface area contributed by atoms with Crippen LogP contribution in [-0.2, 0) is 28.8 Å². The van der Waals surface area contributed by atoms with Crippen LogP contribution >= 0.6 is 12.6 Å². The lowest BCUT2D eigenvalue weighted by Crippen LogP contribution is -2.58. The standard InChI is InChI=1S/C17H29N5O8S/c1-7(2)3-8(18)14(26)20-10(5-13(24)25)16(28)21-9(4-12(19)23)15(27)22-11(6-31)17(29)30/h7-11,31H,3-6,18H2,1-2H3,(H2,19,23)(H,20,26)(H,21,28)(H,22,27)(H,24,25)(H,29,30). The second-order valence-electron chi connectivity index (χ2n) is 7.21. The van der Waals surface area contributed by atoms with Gasteiger partial charge in [0.25, 0.3) is 0 Å². The van der Waals surface area contributed by atoms with Crippen molar-refractivity contribution in [3.8, 4) is 0 Å². The maximum atomic E-state index is 12.6. The van der Waals surface area contributed by atoms with Gasteiger partial charge in [0.15, 0.2) is 0 Å². The Labute approximate surface area is 184 Å². The maximum Gasteiger partial charge on any atom is 0.327 e. The Morgan fingerprint density at radius 3 is 1.68 bits per heavy atom. The lowest BCUT2D eigenvalue weighted by atomic mass is 10.0. The van der Waals surface area contributed by atoms with Crippen LogP contribution < -0.4 is 27.4 Å². The molecule has 0 radical (unpaired) electrons. The highest BCUT2D eigenvalue weighted by atomic mass is 32.1. The fraction of sp³-hybridized carbons (Fsp3) is 0.647. The second-order valence-corrected chi connectivity index (χ2v) is 7.57. The smallest absolute Gasteiger partial charge is 0.327 e. The number of carbonyl (C=O) groups excluding carboxylic acids is 4. The highest BCUT2D eigenvalue weighted by Crippen LogP contribution is 2.05. The van der Waals surface area contributed by atoms with E-state index in [9.17, 15) is 28.8 Å². The molecule has 0 aromatic heterocycles. The minimum absolute atomic E-state index is 0.0603. The van der Waals surface area contributed by atoms with Gasteiger partial charge in [0.1, 0.15) is 18.1 Å². The lowest BCUT2D eigenvalue weighted by Gasteiger charge is -2.24. The number of nitrogens with one attached hydrogen (secondary N) is 3. The third-order valence-corrected chi connectivity index (χ3v) is 4.27. The predicted octanol–water partition coefficient (Wildman–Crippen LogP) is -2.82. The number of carboxylic acid groups (broad SMARTS) is 2. The van der Waals surface area contributed by atoms with Crippen molar-refractivity contribution in [2.75, 3.05) is 5.75 Å². The molecule has 0 aliphatic carbocycles. The van der Waals surface area contributed by atoms with E-state index >= 15 is 0 Å². The largest absolute Gasteiger partial charge is 0.481 e. The van der Waals surface area contributed by atoms with Gasteiger partial charge in [-0.05, 0) is 12.3 Å². The van der Waals surface area contributed by atoms with Crippen LogP contribution in [0.3, 0.4) is 0 Å². The van der Waals surface area contributed by atoms with Crippen molar-refractivity contribution in [2.45, 2.75) is 57.3 Å². The van der Waals surface area contributed by atoms with Gasteiger partial charge < -0.3 is 37.6 Å². The highest BCUT2D eigenvalue weighted by molar-refractivity contribution is 7.80. The highest BCUT2D eigenvalue weighted by Gasteiger charge is 2.32. The average Bonchev–Trinajstić information content (AvgIpc) is 2.62. The number of carboxylic acids is 2. The van der Waals surface area contributed by atoms with Gasteiger partial charge in [-0.25, -0.2) is 4.79 Å². The number of nitrogens with two attached hydrogens (primary N) is 2. The molecule has 0 aromatic rings. The molecule has 4 amide bonds. The van der Waals surface area contributed by atoms with Crippen molar-refractivity contribution >= 4 is 48.2 Å². The van der Waals surface area contributed by atoms with E-state index in [1.807, 2.05) is 13.8 Å². The van der Waals surface area contributed by atoms with E-state index in [1.54, 1.807) is 0 Å². The van der Waals surface area contributed by atoms with Crippen molar-refractivity contribution in [1.29, 1.82) is 0 Å². The van der Waals surface area contributed by atoms with Crippen molar-refractivity contribution in [1.82, 2.24) is 16.0 Å². The number of primary amides is 1. The monoisotopic (exact) mass is 463 g/mol. The minimum Gasteiger partial charge on any atom is -0.481 e. The molecule has 31 heavy (non-hydrogen) atoms. The first-order valence-electron chi connectivity index (χ1n) is 9.28. The zero-order valence-corrected chi connectivity index (χ0v) is 18.1. The fourth-order valence-electron chi connectivity index (χ4n) is 2.42. The van der Waals surface area contributed by atoms with Crippen LogP contribution in [0.15, 0.2) is 0 Å². The molecule has 0 fully saturated rings. The first-order valence-corrected chi connectivity index (χ1v) is 9.92. The van der Waals surface area contributed by atoms with E-state index in [0.717, 1.165) is 0 Å². The van der Waals surface area contributed by atoms with E-state index in [2.05, 4.69) is 28.6 Å². The molecule has 0 aliphatic rings. The summed E-state index contributed by atoms with van der Waals surface area (Å²) in [7, 11) is 0. The molecular weight excluding hydrogens is 434 g/mol. The molecule has 0 aromatic carbocycles. The summed E-state index contributed by atoms with van der Waals surface area (Å²) in [5, 5.41) is 24.4. The Kier molecular flexibility index (Phi) is 12.2. The second kappa shape index (κ2) is 13.4. The van der Waals surface area contributed by atoms with Crippen LogP contribution in [0.1, 0.15) is 33.1 Å². The molecule has 14 heteroatoms. The summed E-state index contributed by atoms with van der Waals surface area (Å²) in [6, 6.07) is -5.62. The van der Waals surface area contributed by atoms with Crippen LogP contribution in [0.4, 0.5) is 0 Å². The number of hydrogen-bond donors (Lipinski definition) is 8. The van der Waals surface area contributed by atoms with Crippen molar-refractivity contribution < 1.29 is 39.0 Å². The van der Waals surface area contributed by atoms with E-state index in [4.69, 9.17) is 21.7 Å². The number of hydrogen-bond acceptors (Lipinski definition) is 8. The topological polar surface area (TPSA) is 231 Å². The van der Waals surface area contributed by atoms with Crippen LogP contribution in [0.2, 0.25) is 0 Å². The molecule has 4 unspecified atom stereocenters. The van der Waals surface area contributed by atoms with Crippen LogP contribution in [-0.4, -0.2) is 75.7 Å². The summed E-state index contributed by atoms with van der Waals surface area (Å²) >= 11 is 3.79. The molecule has 13 nitrogen and oxygen atoms in total. The van der Waals surface area contributed by atoms with Crippen molar-refractivity contribution in [2.24, 2.45) is 17.4 Å². The van der Waals surface area contributed by atoms with Crippen LogP contribution in [0.25, 0.3) is 0 Å². The number of carbonyl (C=O) groups is 6. The first-order chi connectivity index (χ1) is 14.3. The predicted molar refractivity (Wildman–Crippen MR) is 111 cm³/mol. The van der Waals surface area contributed by atoms with E-state index in [-0.39, 0.29) is 18.1 Å². The lowest BCUT2D eigenvalue weighted by molar-refractivity contribution is -0.143. The molecule has 0 heterocycles. The quantitative estimate of drug-likeness (QED) is 0.124. The molecule has 0 bridgehead atoms. The number of aliphatic carboxylic acids is 2. The summed E-state index contributed by atoms with van der Waals surface area (Å²) in [5.74, 6) is -6.94. The summed E-state index contributed by atoms with van der Waals surface area (Å²) < 4.78 is 0. The Morgan fingerprint density at radius 2 is 1.29 bits per heavy atom. The average molecular weight is 464 g/mol. The molecule has 0 rings (SSSR count). The Morgan fingerprint density at radius 1 is 0.839 bits per heavy atom.